The third-order valence-electron chi connectivity index (χ3n) is 5.99. The molecule has 115 valence electrons. The Morgan fingerprint density at radius 3 is 2.50 bits per heavy atom. The standard InChI is InChI=1S/C19H33O/c1-14(2)13-20-17-9-4-8-16(12-17)19-11-5-10-18(19)15-6-3-7-15/h14-17,19H,3-13H2,1-2H3. The Balaban J connectivity index is 1.52. The fraction of sp³-hybridized carbons (Fsp3) is 0.947. The molecule has 1 heteroatoms. The van der Waals surface area contributed by atoms with E-state index >= 15 is 0 Å². The maximum absolute atomic E-state index is 6.16. The third kappa shape index (κ3) is 3.40. The van der Waals surface area contributed by atoms with Gasteiger partial charge in [0.1, 0.15) is 0 Å². The van der Waals surface area contributed by atoms with E-state index in [-0.39, 0.29) is 0 Å². The van der Waals surface area contributed by atoms with Crippen molar-refractivity contribution in [3.05, 3.63) is 5.92 Å². The Labute approximate surface area is 125 Å². The number of hydrogen-bond acceptors (Lipinski definition) is 1. The van der Waals surface area contributed by atoms with Gasteiger partial charge in [0.25, 0.3) is 0 Å². The number of hydrogen-bond donors (Lipinski definition) is 0. The SMILES string of the molecule is CC(C)COC1CCCC(C2CCC[C]2C2CCC2)C1. The zero-order valence-electron chi connectivity index (χ0n) is 13.6. The molecule has 3 fully saturated rings. The Hall–Kier alpha value is -0.0400. The van der Waals surface area contributed by atoms with Crippen molar-refractivity contribution in [1.29, 1.82) is 0 Å². The van der Waals surface area contributed by atoms with E-state index in [0.29, 0.717) is 12.0 Å². The van der Waals surface area contributed by atoms with E-state index in [1.54, 1.807) is 0 Å². The maximum Gasteiger partial charge on any atom is 0.0578 e. The summed E-state index contributed by atoms with van der Waals surface area (Å²) in [5.41, 5.74) is 0. The predicted molar refractivity (Wildman–Crippen MR) is 84.5 cm³/mol. The van der Waals surface area contributed by atoms with Crippen LogP contribution in [0.5, 0.6) is 0 Å². The first-order valence-electron chi connectivity index (χ1n) is 9.21. The molecule has 0 aliphatic heterocycles. The fourth-order valence-corrected chi connectivity index (χ4v) is 4.75. The first-order valence-corrected chi connectivity index (χ1v) is 9.21. The van der Waals surface area contributed by atoms with Gasteiger partial charge in [-0.05, 0) is 74.5 Å². The van der Waals surface area contributed by atoms with Crippen LogP contribution in [0.1, 0.15) is 78.1 Å². The molecule has 0 aromatic rings. The van der Waals surface area contributed by atoms with Gasteiger partial charge in [0.15, 0.2) is 0 Å². The molecule has 3 rings (SSSR count). The topological polar surface area (TPSA) is 9.23 Å². The monoisotopic (exact) mass is 277 g/mol. The molecule has 3 atom stereocenters. The van der Waals surface area contributed by atoms with Crippen LogP contribution in [0.3, 0.4) is 0 Å². The van der Waals surface area contributed by atoms with Gasteiger partial charge in [-0.2, -0.15) is 0 Å². The second-order valence-corrected chi connectivity index (χ2v) is 7.98. The first kappa shape index (κ1) is 14.9. The third-order valence-corrected chi connectivity index (χ3v) is 5.99. The van der Waals surface area contributed by atoms with Crippen LogP contribution in [0.2, 0.25) is 0 Å². The summed E-state index contributed by atoms with van der Waals surface area (Å²) in [6, 6.07) is 0. The maximum atomic E-state index is 6.16. The average Bonchev–Trinajstić information content (AvgIpc) is 2.84. The molecule has 1 radical (unpaired) electrons. The second kappa shape index (κ2) is 6.81. The van der Waals surface area contributed by atoms with E-state index in [1.165, 1.54) is 64.2 Å². The van der Waals surface area contributed by atoms with Crippen molar-refractivity contribution in [3.8, 4) is 0 Å². The van der Waals surface area contributed by atoms with Crippen LogP contribution in [0.4, 0.5) is 0 Å². The number of ether oxygens (including phenoxy) is 1. The highest BCUT2D eigenvalue weighted by atomic mass is 16.5. The Bertz CT molecular complexity index is 294. The Morgan fingerprint density at radius 2 is 1.80 bits per heavy atom. The van der Waals surface area contributed by atoms with Crippen molar-refractivity contribution in [2.75, 3.05) is 6.61 Å². The molecule has 0 N–H and O–H groups in total. The van der Waals surface area contributed by atoms with E-state index in [2.05, 4.69) is 13.8 Å². The van der Waals surface area contributed by atoms with Gasteiger partial charge < -0.3 is 4.74 Å². The highest BCUT2D eigenvalue weighted by Crippen LogP contribution is 2.52. The molecular weight excluding hydrogens is 244 g/mol. The molecule has 1 nitrogen and oxygen atoms in total. The van der Waals surface area contributed by atoms with Gasteiger partial charge in [-0.15, -0.1) is 0 Å². The van der Waals surface area contributed by atoms with Gasteiger partial charge in [0.05, 0.1) is 6.10 Å². The highest BCUT2D eigenvalue weighted by molar-refractivity contribution is 5.10. The largest absolute Gasteiger partial charge is 0.378 e. The van der Waals surface area contributed by atoms with E-state index in [0.717, 1.165) is 24.4 Å². The lowest BCUT2D eigenvalue weighted by Gasteiger charge is -2.40. The minimum absolute atomic E-state index is 0.569. The van der Waals surface area contributed by atoms with E-state index in [1.807, 2.05) is 5.92 Å². The highest BCUT2D eigenvalue weighted by Gasteiger charge is 2.41. The van der Waals surface area contributed by atoms with E-state index in [9.17, 15) is 0 Å². The zero-order chi connectivity index (χ0) is 13.9. The van der Waals surface area contributed by atoms with Crippen molar-refractivity contribution >= 4 is 0 Å². The quantitative estimate of drug-likeness (QED) is 0.654. The van der Waals surface area contributed by atoms with Crippen LogP contribution >= 0.6 is 0 Å². The molecule has 3 aliphatic rings. The lowest BCUT2D eigenvalue weighted by atomic mass is 9.66. The molecule has 3 unspecified atom stereocenters. The van der Waals surface area contributed by atoms with E-state index < -0.39 is 0 Å². The van der Waals surface area contributed by atoms with Gasteiger partial charge in [-0.1, -0.05) is 33.1 Å². The van der Waals surface area contributed by atoms with E-state index in [4.69, 9.17) is 4.74 Å². The van der Waals surface area contributed by atoms with Crippen LogP contribution in [0.25, 0.3) is 0 Å². The van der Waals surface area contributed by atoms with Crippen molar-refractivity contribution in [2.45, 2.75) is 84.2 Å². The zero-order valence-corrected chi connectivity index (χ0v) is 13.6. The molecule has 0 aromatic carbocycles. The van der Waals surface area contributed by atoms with Crippen molar-refractivity contribution in [2.24, 2.45) is 23.7 Å². The first-order chi connectivity index (χ1) is 9.74. The lowest BCUT2D eigenvalue weighted by Crippen LogP contribution is -2.32. The summed E-state index contributed by atoms with van der Waals surface area (Å²) in [5.74, 6) is 5.63. The van der Waals surface area contributed by atoms with Gasteiger partial charge in [0, 0.05) is 6.61 Å². The van der Waals surface area contributed by atoms with Crippen molar-refractivity contribution < 1.29 is 4.74 Å². The molecule has 0 spiro atoms. The van der Waals surface area contributed by atoms with Gasteiger partial charge in [0.2, 0.25) is 0 Å². The summed E-state index contributed by atoms with van der Waals surface area (Å²) < 4.78 is 6.16. The van der Waals surface area contributed by atoms with Gasteiger partial charge in [-0.25, -0.2) is 0 Å². The van der Waals surface area contributed by atoms with Crippen LogP contribution < -0.4 is 0 Å². The minimum Gasteiger partial charge on any atom is -0.378 e. The van der Waals surface area contributed by atoms with Crippen LogP contribution in [-0.2, 0) is 4.74 Å². The molecular formula is C19H33O. The number of rotatable bonds is 5. The lowest BCUT2D eigenvalue weighted by molar-refractivity contribution is -0.00847. The molecule has 0 bridgehead atoms. The average molecular weight is 277 g/mol. The molecule has 0 amide bonds. The summed E-state index contributed by atoms with van der Waals surface area (Å²) in [7, 11) is 0. The summed E-state index contributed by atoms with van der Waals surface area (Å²) in [5, 5.41) is 0. The summed E-state index contributed by atoms with van der Waals surface area (Å²) in [4.78, 5) is 0. The molecule has 0 saturated heterocycles. The van der Waals surface area contributed by atoms with Crippen LogP contribution in [0.15, 0.2) is 0 Å². The Morgan fingerprint density at radius 1 is 1.00 bits per heavy atom. The molecule has 20 heavy (non-hydrogen) atoms. The summed E-state index contributed by atoms with van der Waals surface area (Å²) in [6.45, 7) is 5.49. The smallest absolute Gasteiger partial charge is 0.0578 e. The second-order valence-electron chi connectivity index (χ2n) is 7.98. The van der Waals surface area contributed by atoms with Crippen molar-refractivity contribution in [3.63, 3.8) is 0 Å². The molecule has 0 heterocycles. The van der Waals surface area contributed by atoms with Crippen molar-refractivity contribution in [1.82, 2.24) is 0 Å². The summed E-state index contributed by atoms with van der Waals surface area (Å²) in [6.07, 6.45) is 15.1. The molecule has 0 aromatic heterocycles. The minimum atomic E-state index is 0.569. The van der Waals surface area contributed by atoms with Gasteiger partial charge in [-0.3, -0.25) is 0 Å². The van der Waals surface area contributed by atoms with Gasteiger partial charge >= 0.3 is 0 Å². The summed E-state index contributed by atoms with van der Waals surface area (Å²) >= 11 is 0. The van der Waals surface area contributed by atoms with Crippen LogP contribution in [0, 0.1) is 29.6 Å². The Kier molecular flexibility index (Phi) is 5.07. The normalized spacial score (nSPS) is 36.5. The molecule has 3 aliphatic carbocycles. The van der Waals surface area contributed by atoms with Crippen LogP contribution in [-0.4, -0.2) is 12.7 Å². The predicted octanol–water partition coefficient (Wildman–Crippen LogP) is 5.39. The molecule has 3 saturated carbocycles. The fourth-order valence-electron chi connectivity index (χ4n) is 4.75.